The molecule has 2 aromatic rings. The fourth-order valence-corrected chi connectivity index (χ4v) is 2.31. The molecule has 1 heterocycles. The molecule has 0 saturated carbocycles. The molecule has 0 spiro atoms. The number of hydroxylamine groups is 1. The zero-order chi connectivity index (χ0) is 18.9. The highest BCUT2D eigenvalue weighted by atomic mass is 35.5. The van der Waals surface area contributed by atoms with Crippen molar-refractivity contribution in [2.75, 3.05) is 18.4 Å². The Kier molecular flexibility index (Phi) is 9.60. The van der Waals surface area contributed by atoms with Gasteiger partial charge < -0.3 is 10.6 Å². The van der Waals surface area contributed by atoms with Gasteiger partial charge in [-0.2, -0.15) is 0 Å². The van der Waals surface area contributed by atoms with Crippen LogP contribution in [0, 0.1) is 0 Å². The van der Waals surface area contributed by atoms with Crippen molar-refractivity contribution in [2.24, 2.45) is 0 Å². The van der Waals surface area contributed by atoms with Crippen LogP contribution >= 0.6 is 35.6 Å². The summed E-state index contributed by atoms with van der Waals surface area (Å²) >= 11 is 11.9. The summed E-state index contributed by atoms with van der Waals surface area (Å²) in [6.07, 6.45) is 4.12. The molecule has 1 aromatic carbocycles. The number of halogens is 3. The first kappa shape index (κ1) is 22.7. The lowest BCUT2D eigenvalue weighted by Crippen LogP contribution is -2.28. The number of carbonyl (C=O) groups excluding carboxylic acids is 2. The van der Waals surface area contributed by atoms with Gasteiger partial charge in [0.1, 0.15) is 5.82 Å². The summed E-state index contributed by atoms with van der Waals surface area (Å²) in [6.45, 7) is 0.798. The van der Waals surface area contributed by atoms with Crippen LogP contribution in [0.1, 0.15) is 15.9 Å². The Balaban J connectivity index is 0.00000364. The van der Waals surface area contributed by atoms with E-state index in [1.165, 1.54) is 17.8 Å². The van der Waals surface area contributed by atoms with E-state index < -0.39 is 5.91 Å². The van der Waals surface area contributed by atoms with Crippen molar-refractivity contribution in [2.45, 2.75) is 0 Å². The Labute approximate surface area is 172 Å². The summed E-state index contributed by atoms with van der Waals surface area (Å²) < 4.78 is 0. The molecule has 144 valence electrons. The predicted molar refractivity (Wildman–Crippen MR) is 108 cm³/mol. The average molecular weight is 432 g/mol. The summed E-state index contributed by atoms with van der Waals surface area (Å²) in [4.78, 5) is 27.0. The van der Waals surface area contributed by atoms with Gasteiger partial charge in [0.25, 0.3) is 11.8 Å². The van der Waals surface area contributed by atoms with Crippen molar-refractivity contribution in [1.29, 1.82) is 0 Å². The van der Waals surface area contributed by atoms with Crippen LogP contribution in [-0.4, -0.2) is 35.1 Å². The van der Waals surface area contributed by atoms with Crippen molar-refractivity contribution in [3.05, 3.63) is 63.8 Å². The third kappa shape index (κ3) is 7.44. The van der Waals surface area contributed by atoms with Gasteiger partial charge in [-0.3, -0.25) is 14.8 Å². The summed E-state index contributed by atoms with van der Waals surface area (Å²) in [5, 5.41) is 15.1. The molecule has 27 heavy (non-hydrogen) atoms. The maximum Gasteiger partial charge on any atom is 0.267 e. The van der Waals surface area contributed by atoms with Crippen molar-refractivity contribution in [3.8, 4) is 0 Å². The average Bonchev–Trinajstić information content (AvgIpc) is 2.64. The number of carbonyl (C=O) groups is 2. The number of rotatable bonds is 7. The van der Waals surface area contributed by atoms with E-state index in [1.54, 1.807) is 30.3 Å². The van der Waals surface area contributed by atoms with E-state index in [0.29, 0.717) is 40.1 Å². The molecule has 4 N–H and O–H groups in total. The van der Waals surface area contributed by atoms with E-state index in [-0.39, 0.29) is 18.3 Å². The summed E-state index contributed by atoms with van der Waals surface area (Å²) in [5.41, 5.74) is 2.61. The monoisotopic (exact) mass is 430 g/mol. The van der Waals surface area contributed by atoms with Crippen LogP contribution in [0.5, 0.6) is 0 Å². The van der Waals surface area contributed by atoms with Gasteiger partial charge in [0, 0.05) is 35.9 Å². The molecule has 0 aliphatic rings. The highest BCUT2D eigenvalue weighted by Gasteiger charge is 2.05. The Morgan fingerprint density at radius 3 is 2.48 bits per heavy atom. The molecule has 0 bridgehead atoms. The first-order valence-electron chi connectivity index (χ1n) is 7.55. The first-order valence-corrected chi connectivity index (χ1v) is 8.30. The number of nitrogens with one attached hydrogen (secondary N) is 3. The molecule has 0 fully saturated rings. The molecular weight excluding hydrogens is 415 g/mol. The summed E-state index contributed by atoms with van der Waals surface area (Å²) in [6, 6.07) is 8.21. The lowest BCUT2D eigenvalue weighted by Gasteiger charge is -2.09. The van der Waals surface area contributed by atoms with Gasteiger partial charge >= 0.3 is 0 Å². The number of aromatic nitrogens is 1. The number of nitrogens with zero attached hydrogens (tertiary/aromatic N) is 1. The second-order valence-corrected chi connectivity index (χ2v) is 5.94. The maximum absolute atomic E-state index is 11.9. The standard InChI is InChI=1S/C17H16Cl2N4O3.ClH/c18-13-4-2-12(3-5-13)17(25)21-8-7-20-16-14(19)9-11(10-22-16)1-6-15(24)23-26;/h1-6,9-10,26H,7-8H2,(H,20,22)(H,21,25)(H,23,24);1H/b6-1+;. The number of anilines is 1. The van der Waals surface area contributed by atoms with Crippen LogP contribution in [0.15, 0.2) is 42.6 Å². The van der Waals surface area contributed by atoms with Gasteiger partial charge in [-0.05, 0) is 42.0 Å². The van der Waals surface area contributed by atoms with Crippen molar-refractivity contribution >= 4 is 59.3 Å². The fourth-order valence-electron chi connectivity index (χ4n) is 1.94. The lowest BCUT2D eigenvalue weighted by atomic mass is 10.2. The maximum atomic E-state index is 11.9. The molecule has 2 amide bonds. The lowest BCUT2D eigenvalue weighted by molar-refractivity contribution is -0.124. The quantitative estimate of drug-likeness (QED) is 0.233. The third-order valence-corrected chi connectivity index (χ3v) is 3.75. The molecule has 0 saturated heterocycles. The van der Waals surface area contributed by atoms with E-state index in [4.69, 9.17) is 28.4 Å². The van der Waals surface area contributed by atoms with Crippen molar-refractivity contribution in [1.82, 2.24) is 15.8 Å². The minimum absolute atomic E-state index is 0. The second-order valence-electron chi connectivity index (χ2n) is 5.10. The molecule has 2 rings (SSSR count). The van der Waals surface area contributed by atoms with E-state index >= 15 is 0 Å². The number of hydrogen-bond donors (Lipinski definition) is 4. The Morgan fingerprint density at radius 1 is 1.15 bits per heavy atom. The first-order chi connectivity index (χ1) is 12.5. The van der Waals surface area contributed by atoms with Gasteiger partial charge in [-0.1, -0.05) is 23.2 Å². The normalized spacial score (nSPS) is 10.2. The summed E-state index contributed by atoms with van der Waals surface area (Å²) in [7, 11) is 0. The van der Waals surface area contributed by atoms with Crippen molar-refractivity contribution < 1.29 is 14.8 Å². The van der Waals surface area contributed by atoms with Gasteiger partial charge in [0.15, 0.2) is 0 Å². The fraction of sp³-hybridized carbons (Fsp3) is 0.118. The van der Waals surface area contributed by atoms with Crippen molar-refractivity contribution in [3.63, 3.8) is 0 Å². The molecule has 10 heteroatoms. The zero-order valence-electron chi connectivity index (χ0n) is 13.9. The third-order valence-electron chi connectivity index (χ3n) is 3.21. The van der Waals surface area contributed by atoms with Gasteiger partial charge in [-0.15, -0.1) is 12.4 Å². The van der Waals surface area contributed by atoms with E-state index in [0.717, 1.165) is 6.08 Å². The minimum Gasteiger partial charge on any atom is -0.367 e. The number of pyridine rings is 1. The molecule has 0 unspecified atom stereocenters. The second kappa shape index (κ2) is 11.4. The topological polar surface area (TPSA) is 103 Å². The SMILES string of the molecule is Cl.O=C(/C=C/c1cnc(NCCNC(=O)c2ccc(Cl)cc2)c(Cl)c1)NO. The van der Waals surface area contributed by atoms with Crippen LogP contribution in [0.4, 0.5) is 5.82 Å². The number of amides is 2. The molecular formula is C17H17Cl3N4O3. The highest BCUT2D eigenvalue weighted by molar-refractivity contribution is 6.33. The van der Waals surface area contributed by atoms with Crippen LogP contribution in [0.3, 0.4) is 0 Å². The Bertz CT molecular complexity index is 814. The van der Waals surface area contributed by atoms with Crippen LogP contribution < -0.4 is 16.1 Å². The molecule has 0 aliphatic carbocycles. The van der Waals surface area contributed by atoms with Crippen LogP contribution in [-0.2, 0) is 4.79 Å². The minimum atomic E-state index is -0.653. The molecule has 0 aliphatic heterocycles. The Morgan fingerprint density at radius 2 is 1.85 bits per heavy atom. The van der Waals surface area contributed by atoms with Gasteiger partial charge in [0.05, 0.1) is 5.02 Å². The predicted octanol–water partition coefficient (Wildman–Crippen LogP) is 3.17. The van der Waals surface area contributed by atoms with Crippen LogP contribution in [0.25, 0.3) is 6.08 Å². The van der Waals surface area contributed by atoms with E-state index in [2.05, 4.69) is 15.6 Å². The number of benzene rings is 1. The largest absolute Gasteiger partial charge is 0.367 e. The molecule has 0 atom stereocenters. The summed E-state index contributed by atoms with van der Waals surface area (Å²) in [5.74, 6) is -0.402. The van der Waals surface area contributed by atoms with Gasteiger partial charge in [-0.25, -0.2) is 10.5 Å². The van der Waals surface area contributed by atoms with E-state index in [1.807, 2.05) is 0 Å². The number of hydrogen-bond acceptors (Lipinski definition) is 5. The van der Waals surface area contributed by atoms with Gasteiger partial charge in [0.2, 0.25) is 0 Å². The smallest absolute Gasteiger partial charge is 0.267 e. The van der Waals surface area contributed by atoms with E-state index in [9.17, 15) is 9.59 Å². The molecule has 0 radical (unpaired) electrons. The van der Waals surface area contributed by atoms with Crippen LogP contribution in [0.2, 0.25) is 10.0 Å². The highest BCUT2D eigenvalue weighted by Crippen LogP contribution is 2.20. The zero-order valence-corrected chi connectivity index (χ0v) is 16.2. The Hall–Kier alpha value is -2.32. The molecule has 1 aromatic heterocycles. The molecule has 7 nitrogen and oxygen atoms in total.